The molecule has 0 aromatic rings. The SMILES string of the molecule is C=CC(=C)CBC. The lowest BCUT2D eigenvalue weighted by Crippen LogP contribution is -1.79. The summed E-state index contributed by atoms with van der Waals surface area (Å²) in [6.45, 7) is 9.46. The minimum Gasteiger partial charge on any atom is -0.0988 e. The summed E-state index contributed by atoms with van der Waals surface area (Å²) in [5.41, 5.74) is 1.14. The van der Waals surface area contributed by atoms with Crippen molar-refractivity contribution in [1.82, 2.24) is 0 Å². The molecule has 0 aliphatic heterocycles. The van der Waals surface area contributed by atoms with E-state index in [0.717, 1.165) is 11.9 Å². The van der Waals surface area contributed by atoms with Crippen molar-refractivity contribution in [3.05, 3.63) is 24.8 Å². The van der Waals surface area contributed by atoms with Gasteiger partial charge >= 0.3 is 0 Å². The average molecular weight is 94.0 g/mol. The van der Waals surface area contributed by atoms with Crippen LogP contribution in [0.5, 0.6) is 0 Å². The first-order valence-electron chi connectivity index (χ1n) is 2.61. The molecule has 0 aliphatic carbocycles. The minimum atomic E-state index is 1.09. The van der Waals surface area contributed by atoms with Crippen LogP contribution in [0.1, 0.15) is 0 Å². The highest BCUT2D eigenvalue weighted by molar-refractivity contribution is 6.34. The maximum atomic E-state index is 3.74. The lowest BCUT2D eigenvalue weighted by atomic mass is 9.75. The molecule has 0 radical (unpaired) electrons. The van der Waals surface area contributed by atoms with E-state index in [1.54, 1.807) is 0 Å². The summed E-state index contributed by atoms with van der Waals surface area (Å²) in [7, 11) is 1.17. The third-order valence-corrected chi connectivity index (χ3v) is 0.860. The highest BCUT2D eigenvalue weighted by atomic mass is 13.8. The normalized spacial score (nSPS) is 7.57. The summed E-state index contributed by atoms with van der Waals surface area (Å²) in [6.07, 6.45) is 2.90. The maximum Gasteiger partial charge on any atom is 0.122 e. The molecule has 0 unspecified atom stereocenters. The summed E-state index contributed by atoms with van der Waals surface area (Å²) < 4.78 is 0. The van der Waals surface area contributed by atoms with Crippen LogP contribution in [0.4, 0.5) is 0 Å². The quantitative estimate of drug-likeness (QED) is 0.368. The van der Waals surface area contributed by atoms with Gasteiger partial charge in [0.1, 0.15) is 7.28 Å². The second-order valence-corrected chi connectivity index (χ2v) is 1.61. The van der Waals surface area contributed by atoms with Crippen LogP contribution in [0, 0.1) is 0 Å². The van der Waals surface area contributed by atoms with Gasteiger partial charge in [-0.25, -0.2) is 0 Å². The zero-order chi connectivity index (χ0) is 5.70. The predicted octanol–water partition coefficient (Wildman–Crippen LogP) is 1.63. The lowest BCUT2D eigenvalue weighted by Gasteiger charge is -1.88. The maximum absolute atomic E-state index is 3.74. The molecular weight excluding hydrogens is 82.9 g/mol. The molecule has 0 bridgehead atoms. The summed E-state index contributed by atoms with van der Waals surface area (Å²) in [6, 6.07) is 0. The molecular formula is C6H11B. The van der Waals surface area contributed by atoms with Crippen molar-refractivity contribution in [2.24, 2.45) is 0 Å². The van der Waals surface area contributed by atoms with E-state index >= 15 is 0 Å². The molecule has 1 heteroatoms. The van der Waals surface area contributed by atoms with Crippen LogP contribution in [0.3, 0.4) is 0 Å². The minimum absolute atomic E-state index is 1.09. The highest BCUT2D eigenvalue weighted by Gasteiger charge is 1.81. The first-order chi connectivity index (χ1) is 3.31. The van der Waals surface area contributed by atoms with Crippen molar-refractivity contribution < 1.29 is 0 Å². The molecule has 38 valence electrons. The molecule has 0 atom stereocenters. The molecule has 0 heterocycles. The molecule has 0 aromatic carbocycles. The molecule has 0 spiro atoms. The standard InChI is InChI=1S/C6H11B/c1-4-6(2)5-7-3/h4,7H,1-2,5H2,3H3. The zero-order valence-corrected chi connectivity index (χ0v) is 4.91. The molecule has 0 aromatic heterocycles. The van der Waals surface area contributed by atoms with Crippen molar-refractivity contribution in [2.45, 2.75) is 13.1 Å². The van der Waals surface area contributed by atoms with Crippen molar-refractivity contribution in [2.75, 3.05) is 0 Å². The van der Waals surface area contributed by atoms with Crippen molar-refractivity contribution in [3.63, 3.8) is 0 Å². The second kappa shape index (κ2) is 3.73. The van der Waals surface area contributed by atoms with E-state index in [-0.39, 0.29) is 0 Å². The molecule has 0 N–H and O–H groups in total. The van der Waals surface area contributed by atoms with Crippen LogP contribution in [-0.4, -0.2) is 7.28 Å². The summed E-state index contributed by atoms with van der Waals surface area (Å²) in [5, 5.41) is 0. The second-order valence-electron chi connectivity index (χ2n) is 1.61. The number of hydrogen-bond acceptors (Lipinski definition) is 0. The van der Waals surface area contributed by atoms with Gasteiger partial charge in [-0.2, -0.15) is 0 Å². The summed E-state index contributed by atoms with van der Waals surface area (Å²) in [4.78, 5) is 0. The number of allylic oxidation sites excluding steroid dienone is 2. The van der Waals surface area contributed by atoms with Gasteiger partial charge < -0.3 is 0 Å². The van der Waals surface area contributed by atoms with Gasteiger partial charge in [0.25, 0.3) is 0 Å². The van der Waals surface area contributed by atoms with Crippen LogP contribution in [0.15, 0.2) is 24.8 Å². The van der Waals surface area contributed by atoms with Gasteiger partial charge in [-0.15, -0.1) is 0 Å². The largest absolute Gasteiger partial charge is 0.122 e. The predicted molar refractivity (Wildman–Crippen MR) is 37.2 cm³/mol. The van der Waals surface area contributed by atoms with E-state index in [9.17, 15) is 0 Å². The fourth-order valence-electron chi connectivity index (χ4n) is 0.423. The van der Waals surface area contributed by atoms with Crippen molar-refractivity contribution >= 4 is 7.28 Å². The molecule has 0 aliphatic rings. The Balaban J connectivity index is 3.17. The van der Waals surface area contributed by atoms with Gasteiger partial charge in [0.05, 0.1) is 0 Å². The third kappa shape index (κ3) is 3.37. The van der Waals surface area contributed by atoms with Crippen LogP contribution in [0.25, 0.3) is 0 Å². The average Bonchev–Trinajstić information content (AvgIpc) is 1.68. The van der Waals surface area contributed by atoms with E-state index in [1.807, 2.05) is 6.08 Å². The van der Waals surface area contributed by atoms with Crippen LogP contribution in [0.2, 0.25) is 13.1 Å². The van der Waals surface area contributed by atoms with Gasteiger partial charge in [0, 0.05) is 0 Å². The van der Waals surface area contributed by atoms with E-state index in [1.165, 1.54) is 7.28 Å². The summed E-state index contributed by atoms with van der Waals surface area (Å²) >= 11 is 0. The monoisotopic (exact) mass is 94.1 g/mol. The molecule has 7 heavy (non-hydrogen) atoms. The Hall–Kier alpha value is -0.455. The van der Waals surface area contributed by atoms with Gasteiger partial charge in [-0.1, -0.05) is 38.0 Å². The number of rotatable bonds is 3. The topological polar surface area (TPSA) is 0 Å². The summed E-state index contributed by atoms with van der Waals surface area (Å²) in [5.74, 6) is 0. The molecule has 0 amide bonds. The fourth-order valence-corrected chi connectivity index (χ4v) is 0.423. The molecule has 0 nitrogen and oxygen atoms in total. The first kappa shape index (κ1) is 6.54. The third-order valence-electron chi connectivity index (χ3n) is 0.860. The molecule has 0 saturated carbocycles. The molecule has 0 fully saturated rings. The number of hydrogen-bond donors (Lipinski definition) is 0. The Morgan fingerprint density at radius 3 is 2.57 bits per heavy atom. The Labute approximate surface area is 46.2 Å². The lowest BCUT2D eigenvalue weighted by molar-refractivity contribution is 1.53. The van der Waals surface area contributed by atoms with E-state index < -0.39 is 0 Å². The Morgan fingerprint density at radius 2 is 2.43 bits per heavy atom. The molecule has 0 saturated heterocycles. The van der Waals surface area contributed by atoms with Gasteiger partial charge in [0.15, 0.2) is 0 Å². The fraction of sp³-hybridized carbons (Fsp3) is 0.333. The van der Waals surface area contributed by atoms with Crippen molar-refractivity contribution in [3.8, 4) is 0 Å². The Bertz CT molecular complexity index is 74.2. The van der Waals surface area contributed by atoms with Crippen LogP contribution in [-0.2, 0) is 0 Å². The van der Waals surface area contributed by atoms with Gasteiger partial charge in [-0.05, 0) is 0 Å². The Morgan fingerprint density at radius 1 is 1.86 bits per heavy atom. The van der Waals surface area contributed by atoms with E-state index in [2.05, 4.69) is 20.0 Å². The molecule has 0 rings (SSSR count). The zero-order valence-electron chi connectivity index (χ0n) is 4.91. The van der Waals surface area contributed by atoms with E-state index in [0.29, 0.717) is 0 Å². The van der Waals surface area contributed by atoms with Gasteiger partial charge in [-0.3, -0.25) is 0 Å². The highest BCUT2D eigenvalue weighted by Crippen LogP contribution is 1.95. The van der Waals surface area contributed by atoms with Crippen LogP contribution >= 0.6 is 0 Å². The van der Waals surface area contributed by atoms with Crippen LogP contribution < -0.4 is 0 Å². The van der Waals surface area contributed by atoms with Gasteiger partial charge in [0.2, 0.25) is 0 Å². The Kier molecular flexibility index (Phi) is 3.48. The van der Waals surface area contributed by atoms with Crippen molar-refractivity contribution in [1.29, 1.82) is 0 Å². The van der Waals surface area contributed by atoms with E-state index in [4.69, 9.17) is 0 Å². The first-order valence-corrected chi connectivity index (χ1v) is 2.61. The smallest absolute Gasteiger partial charge is 0.0988 e.